The summed E-state index contributed by atoms with van der Waals surface area (Å²) in [5.74, 6) is -1.59. The van der Waals surface area contributed by atoms with Crippen LogP contribution >= 0.6 is 0 Å². The Balaban J connectivity index is 1.36. The van der Waals surface area contributed by atoms with Gasteiger partial charge in [-0.1, -0.05) is 24.3 Å². The van der Waals surface area contributed by atoms with Crippen molar-refractivity contribution >= 4 is 23.7 Å². The van der Waals surface area contributed by atoms with Gasteiger partial charge in [0.05, 0.1) is 0 Å². The molecule has 3 rings (SSSR count). The Morgan fingerprint density at radius 2 is 1.66 bits per heavy atom. The second-order valence-corrected chi connectivity index (χ2v) is 6.24. The molecule has 0 atom stereocenters. The number of imide groups is 1. The van der Waals surface area contributed by atoms with Crippen molar-refractivity contribution in [3.8, 4) is 11.4 Å². The number of rotatable bonds is 8. The van der Waals surface area contributed by atoms with Gasteiger partial charge in [-0.05, 0) is 12.0 Å². The summed E-state index contributed by atoms with van der Waals surface area (Å²) in [6, 6.07) is 7.26. The molecule has 1 aliphatic heterocycles. The zero-order valence-corrected chi connectivity index (χ0v) is 15.4. The van der Waals surface area contributed by atoms with E-state index in [1.807, 2.05) is 12.1 Å². The van der Waals surface area contributed by atoms with Gasteiger partial charge in [-0.3, -0.25) is 14.4 Å². The number of nitrogens with zero attached hydrogens (tertiary/aromatic N) is 5. The van der Waals surface area contributed by atoms with Gasteiger partial charge in [0.15, 0.2) is 6.33 Å². The van der Waals surface area contributed by atoms with Crippen molar-refractivity contribution in [3.63, 3.8) is 0 Å². The fourth-order valence-corrected chi connectivity index (χ4v) is 2.58. The topological polar surface area (TPSA) is 144 Å². The van der Waals surface area contributed by atoms with Crippen molar-refractivity contribution in [2.75, 3.05) is 0 Å². The van der Waals surface area contributed by atoms with Crippen molar-refractivity contribution in [2.45, 2.75) is 38.6 Å². The van der Waals surface area contributed by atoms with Gasteiger partial charge < -0.3 is 10.2 Å². The average molecular weight is 398 g/mol. The Morgan fingerprint density at radius 1 is 1.00 bits per heavy atom. The lowest BCUT2D eigenvalue weighted by atomic mass is 10.1. The molecule has 150 valence electrons. The molecule has 11 heteroatoms. The first-order chi connectivity index (χ1) is 14.0. The number of nitrogens with one attached hydrogen (secondary N) is 1. The summed E-state index contributed by atoms with van der Waals surface area (Å²) in [5.41, 5.74) is 1.64. The molecule has 2 heterocycles. The molecule has 29 heavy (non-hydrogen) atoms. The average Bonchev–Trinajstić information content (AvgIpc) is 3.05. The third-order valence-electron chi connectivity index (χ3n) is 4.09. The summed E-state index contributed by atoms with van der Waals surface area (Å²) in [7, 11) is 0. The fraction of sp³-hybridized carbons (Fsp3) is 0.333. The maximum Gasteiger partial charge on any atom is 0.333 e. The van der Waals surface area contributed by atoms with Crippen molar-refractivity contribution in [1.29, 1.82) is 0 Å². The maximum absolute atomic E-state index is 11.9. The molecule has 1 fully saturated rings. The second-order valence-electron chi connectivity index (χ2n) is 6.24. The molecule has 1 aliphatic rings. The summed E-state index contributed by atoms with van der Waals surface area (Å²) in [6.45, 7) is 0.326. The van der Waals surface area contributed by atoms with Gasteiger partial charge in [0.2, 0.25) is 11.7 Å². The minimum absolute atomic E-state index is 0.0433. The molecule has 3 amide bonds. The van der Waals surface area contributed by atoms with Crippen molar-refractivity contribution < 1.29 is 24.0 Å². The van der Waals surface area contributed by atoms with Crippen LogP contribution in [0.25, 0.3) is 11.4 Å². The SMILES string of the molecule is O=C(CCCC(=O)ON1C(=O)CCC1=O)NCc1ccc(-c2nncnn2)cc1. The fourth-order valence-electron chi connectivity index (χ4n) is 2.58. The third kappa shape index (κ3) is 5.61. The van der Waals surface area contributed by atoms with E-state index in [9.17, 15) is 19.2 Å². The van der Waals surface area contributed by atoms with E-state index in [1.54, 1.807) is 12.1 Å². The number of aromatic nitrogens is 4. The summed E-state index contributed by atoms with van der Waals surface area (Å²) in [6.07, 6.45) is 1.62. The van der Waals surface area contributed by atoms with E-state index in [1.165, 1.54) is 6.33 Å². The smallest absolute Gasteiger partial charge is 0.333 e. The van der Waals surface area contributed by atoms with Gasteiger partial charge in [0.25, 0.3) is 11.8 Å². The molecule has 0 aliphatic carbocycles. The lowest BCUT2D eigenvalue weighted by Gasteiger charge is -2.12. The van der Waals surface area contributed by atoms with Crippen LogP contribution in [0.3, 0.4) is 0 Å². The lowest BCUT2D eigenvalue weighted by Crippen LogP contribution is -2.32. The minimum atomic E-state index is -0.718. The van der Waals surface area contributed by atoms with Crippen LogP contribution in [0.2, 0.25) is 0 Å². The van der Waals surface area contributed by atoms with E-state index in [2.05, 4.69) is 25.7 Å². The standard InChI is InChI=1S/C18H18N6O5/c25-14(2-1-3-17(28)29-24-15(26)8-9-16(24)27)19-10-12-4-6-13(7-5-12)18-22-20-11-21-23-18/h4-7,11H,1-3,8-10H2,(H,19,25). The molecular weight excluding hydrogens is 380 g/mol. The van der Waals surface area contributed by atoms with Gasteiger partial charge in [0, 0.05) is 37.8 Å². The molecule has 11 nitrogen and oxygen atoms in total. The molecule has 0 radical (unpaired) electrons. The Labute approximate surface area is 165 Å². The molecule has 1 aromatic carbocycles. The molecule has 0 bridgehead atoms. The number of hydrogen-bond donors (Lipinski definition) is 1. The number of hydrogen-bond acceptors (Lipinski definition) is 9. The van der Waals surface area contributed by atoms with Crippen LogP contribution in [0.4, 0.5) is 0 Å². The minimum Gasteiger partial charge on any atom is -0.352 e. The highest BCUT2D eigenvalue weighted by Crippen LogP contribution is 2.14. The van der Waals surface area contributed by atoms with Crippen molar-refractivity contribution in [3.05, 3.63) is 36.2 Å². The number of benzene rings is 1. The Hall–Kier alpha value is -3.76. The second kappa shape index (κ2) is 9.44. The van der Waals surface area contributed by atoms with Crippen molar-refractivity contribution in [1.82, 2.24) is 30.8 Å². The van der Waals surface area contributed by atoms with Gasteiger partial charge in [-0.2, -0.15) is 0 Å². The van der Waals surface area contributed by atoms with Crippen LogP contribution in [-0.4, -0.2) is 49.1 Å². The largest absolute Gasteiger partial charge is 0.352 e. The first-order valence-corrected chi connectivity index (χ1v) is 8.96. The van der Waals surface area contributed by atoms with Gasteiger partial charge in [-0.15, -0.1) is 25.5 Å². The maximum atomic E-state index is 11.9. The molecular formula is C18H18N6O5. The molecule has 1 saturated heterocycles. The highest BCUT2D eigenvalue weighted by molar-refractivity contribution is 6.01. The Bertz CT molecular complexity index is 887. The van der Waals surface area contributed by atoms with E-state index in [4.69, 9.17) is 4.84 Å². The van der Waals surface area contributed by atoms with Crippen LogP contribution in [-0.2, 0) is 30.6 Å². The molecule has 0 saturated carbocycles. The number of carbonyl (C=O) groups excluding carboxylic acids is 4. The van der Waals surface area contributed by atoms with E-state index in [-0.39, 0.29) is 38.0 Å². The van der Waals surface area contributed by atoms with Gasteiger partial charge in [-0.25, -0.2) is 4.79 Å². The van der Waals surface area contributed by atoms with Gasteiger partial charge >= 0.3 is 5.97 Å². The monoisotopic (exact) mass is 398 g/mol. The van der Waals surface area contributed by atoms with Crippen LogP contribution in [0, 0.1) is 0 Å². The highest BCUT2D eigenvalue weighted by atomic mass is 16.7. The number of carbonyl (C=O) groups is 4. The number of hydroxylamine groups is 2. The van der Waals surface area contributed by atoms with Crippen LogP contribution in [0.5, 0.6) is 0 Å². The van der Waals surface area contributed by atoms with E-state index in [0.717, 1.165) is 11.1 Å². The summed E-state index contributed by atoms with van der Waals surface area (Å²) >= 11 is 0. The summed E-state index contributed by atoms with van der Waals surface area (Å²) in [5, 5.41) is 18.3. The molecule has 2 aromatic rings. The molecule has 0 spiro atoms. The van der Waals surface area contributed by atoms with E-state index < -0.39 is 17.8 Å². The summed E-state index contributed by atoms with van der Waals surface area (Å²) in [4.78, 5) is 51.1. The van der Waals surface area contributed by atoms with E-state index >= 15 is 0 Å². The first kappa shape index (κ1) is 20.0. The molecule has 1 N–H and O–H groups in total. The quantitative estimate of drug-likeness (QED) is 0.622. The van der Waals surface area contributed by atoms with Crippen LogP contribution < -0.4 is 5.32 Å². The Morgan fingerprint density at radius 3 is 2.31 bits per heavy atom. The normalized spacial score (nSPS) is 13.4. The first-order valence-electron chi connectivity index (χ1n) is 8.96. The number of amides is 3. The molecule has 0 unspecified atom stereocenters. The predicted octanol–water partition coefficient (Wildman–Crippen LogP) is 0.327. The van der Waals surface area contributed by atoms with Gasteiger partial charge in [0.1, 0.15) is 0 Å². The Kier molecular flexibility index (Phi) is 6.51. The third-order valence-corrected chi connectivity index (χ3v) is 4.09. The molecule has 1 aromatic heterocycles. The zero-order valence-electron chi connectivity index (χ0n) is 15.4. The predicted molar refractivity (Wildman–Crippen MR) is 95.9 cm³/mol. The summed E-state index contributed by atoms with van der Waals surface area (Å²) < 4.78 is 0. The lowest BCUT2D eigenvalue weighted by molar-refractivity contribution is -0.197. The van der Waals surface area contributed by atoms with Crippen molar-refractivity contribution in [2.24, 2.45) is 0 Å². The van der Waals surface area contributed by atoms with E-state index in [0.29, 0.717) is 17.4 Å². The van der Waals surface area contributed by atoms with Crippen LogP contribution in [0.15, 0.2) is 30.6 Å². The zero-order chi connectivity index (χ0) is 20.6. The van der Waals surface area contributed by atoms with Crippen LogP contribution in [0.1, 0.15) is 37.7 Å². The highest BCUT2D eigenvalue weighted by Gasteiger charge is 2.32.